The quantitative estimate of drug-likeness (QED) is 0.207. The van der Waals surface area contributed by atoms with Crippen molar-refractivity contribution in [3.8, 4) is 11.5 Å². The standard InChI is InChI=1S/C30H33F6N3O4S/c1-19(2)16-39(28(41)37-23-14-21(29(31,32)33)13-22(15-23)30(34,35)36)18-27(40)38(17-24-6-5-11-44-24)10-9-20-7-8-25(42-3)26(12-20)43-4/h5-8,11-15,19H,9-10,16-18H2,1-4H3,(H,37,41). The summed E-state index contributed by atoms with van der Waals surface area (Å²) in [6.45, 7) is 3.58. The monoisotopic (exact) mass is 645 g/mol. The number of hydrogen-bond acceptors (Lipinski definition) is 5. The summed E-state index contributed by atoms with van der Waals surface area (Å²) >= 11 is 1.44. The molecule has 1 aromatic heterocycles. The summed E-state index contributed by atoms with van der Waals surface area (Å²) in [4.78, 5) is 30.3. The Morgan fingerprint density at radius 2 is 1.52 bits per heavy atom. The summed E-state index contributed by atoms with van der Waals surface area (Å²) in [5, 5.41) is 3.99. The Labute approximate surface area is 255 Å². The molecular weight excluding hydrogens is 612 g/mol. The van der Waals surface area contributed by atoms with Crippen LogP contribution in [0.15, 0.2) is 53.9 Å². The van der Waals surface area contributed by atoms with Crippen LogP contribution in [0.2, 0.25) is 0 Å². The lowest BCUT2D eigenvalue weighted by Gasteiger charge is -2.29. The molecule has 7 nitrogen and oxygen atoms in total. The molecule has 1 heterocycles. The number of amides is 3. The van der Waals surface area contributed by atoms with E-state index in [4.69, 9.17) is 9.47 Å². The van der Waals surface area contributed by atoms with Crippen LogP contribution in [0.3, 0.4) is 0 Å². The number of carbonyl (C=O) groups is 2. The van der Waals surface area contributed by atoms with Crippen LogP contribution in [-0.2, 0) is 30.1 Å². The zero-order valence-corrected chi connectivity index (χ0v) is 25.3. The Balaban J connectivity index is 1.84. The molecule has 0 bridgehead atoms. The third-order valence-corrected chi connectivity index (χ3v) is 7.30. The fraction of sp³-hybridized carbons (Fsp3) is 0.400. The van der Waals surface area contributed by atoms with Crippen LogP contribution in [0.1, 0.15) is 35.4 Å². The third-order valence-electron chi connectivity index (χ3n) is 6.44. The summed E-state index contributed by atoms with van der Waals surface area (Å²) < 4.78 is 90.7. The van der Waals surface area contributed by atoms with Crippen molar-refractivity contribution in [3.63, 3.8) is 0 Å². The van der Waals surface area contributed by atoms with Gasteiger partial charge in [0.15, 0.2) is 11.5 Å². The van der Waals surface area contributed by atoms with Gasteiger partial charge in [-0.2, -0.15) is 26.3 Å². The Bertz CT molecular complexity index is 1380. The Hall–Kier alpha value is -3.94. The molecule has 0 atom stereocenters. The van der Waals surface area contributed by atoms with Gasteiger partial charge in [0.2, 0.25) is 5.91 Å². The largest absolute Gasteiger partial charge is 0.493 e. The minimum Gasteiger partial charge on any atom is -0.493 e. The van der Waals surface area contributed by atoms with Crippen LogP contribution in [0.5, 0.6) is 11.5 Å². The SMILES string of the molecule is COc1ccc(CCN(Cc2cccs2)C(=O)CN(CC(C)C)C(=O)Nc2cc(C(F)(F)F)cc(C(F)(F)F)c2)cc1OC. The molecule has 44 heavy (non-hydrogen) atoms. The van der Waals surface area contributed by atoms with Crippen molar-refractivity contribution in [2.45, 2.75) is 39.2 Å². The number of ether oxygens (including phenoxy) is 2. The highest BCUT2D eigenvalue weighted by atomic mass is 32.1. The fourth-order valence-electron chi connectivity index (χ4n) is 4.34. The van der Waals surface area contributed by atoms with Crippen LogP contribution < -0.4 is 14.8 Å². The molecule has 3 amide bonds. The van der Waals surface area contributed by atoms with Crippen LogP contribution in [0.4, 0.5) is 36.8 Å². The number of rotatable bonds is 12. The highest BCUT2D eigenvalue weighted by molar-refractivity contribution is 7.09. The third kappa shape index (κ3) is 9.79. The van der Waals surface area contributed by atoms with Gasteiger partial charge in [0.05, 0.1) is 31.9 Å². The van der Waals surface area contributed by atoms with Crippen LogP contribution >= 0.6 is 11.3 Å². The van der Waals surface area contributed by atoms with E-state index in [1.54, 1.807) is 30.9 Å². The second-order valence-corrected chi connectivity index (χ2v) is 11.4. The van der Waals surface area contributed by atoms with Crippen molar-refractivity contribution < 1.29 is 45.4 Å². The van der Waals surface area contributed by atoms with E-state index in [-0.39, 0.29) is 31.6 Å². The lowest BCUT2D eigenvalue weighted by molar-refractivity contribution is -0.143. The second-order valence-electron chi connectivity index (χ2n) is 10.3. The normalized spacial score (nSPS) is 11.8. The number of carbonyl (C=O) groups excluding carboxylic acids is 2. The van der Waals surface area contributed by atoms with Gasteiger partial charge >= 0.3 is 18.4 Å². The maximum Gasteiger partial charge on any atom is 0.416 e. The zero-order chi connectivity index (χ0) is 32.7. The molecule has 0 spiro atoms. The smallest absolute Gasteiger partial charge is 0.416 e. The molecule has 2 aromatic carbocycles. The molecule has 0 aliphatic carbocycles. The van der Waals surface area contributed by atoms with Gasteiger partial charge in [0, 0.05) is 23.7 Å². The summed E-state index contributed by atoms with van der Waals surface area (Å²) in [6.07, 6.45) is -9.73. The van der Waals surface area contributed by atoms with Gasteiger partial charge < -0.3 is 24.6 Å². The first-order valence-electron chi connectivity index (χ1n) is 13.5. The number of thiophene rings is 1. The number of halogens is 6. The van der Waals surface area contributed by atoms with Crippen molar-refractivity contribution in [2.24, 2.45) is 5.92 Å². The van der Waals surface area contributed by atoms with Crippen molar-refractivity contribution in [2.75, 3.05) is 39.2 Å². The first kappa shape index (κ1) is 34.5. The van der Waals surface area contributed by atoms with Crippen molar-refractivity contribution in [3.05, 3.63) is 75.5 Å². The molecule has 1 N–H and O–H groups in total. The summed E-state index contributed by atoms with van der Waals surface area (Å²) in [5.41, 5.74) is -2.96. The van der Waals surface area contributed by atoms with E-state index in [9.17, 15) is 35.9 Å². The maximum atomic E-state index is 13.6. The number of anilines is 1. The number of alkyl halides is 6. The molecular formula is C30H33F6N3O4S. The highest BCUT2D eigenvalue weighted by Gasteiger charge is 2.37. The van der Waals surface area contributed by atoms with E-state index >= 15 is 0 Å². The average molecular weight is 646 g/mol. The molecule has 0 saturated carbocycles. The van der Waals surface area contributed by atoms with Gasteiger partial charge in [-0.15, -0.1) is 11.3 Å². The Kier molecular flexibility index (Phi) is 11.5. The van der Waals surface area contributed by atoms with Gasteiger partial charge in [0.25, 0.3) is 0 Å². The Morgan fingerprint density at radius 1 is 0.886 bits per heavy atom. The van der Waals surface area contributed by atoms with E-state index in [0.717, 1.165) is 15.3 Å². The number of hydrogen-bond donors (Lipinski definition) is 1. The second kappa shape index (κ2) is 14.7. The van der Waals surface area contributed by atoms with Crippen molar-refractivity contribution in [1.29, 1.82) is 0 Å². The van der Waals surface area contributed by atoms with Crippen molar-refractivity contribution >= 4 is 29.0 Å². The summed E-state index contributed by atoms with van der Waals surface area (Å²) in [7, 11) is 3.02. The molecule has 0 fully saturated rings. The molecule has 240 valence electrons. The lowest BCUT2D eigenvalue weighted by atomic mass is 10.1. The summed E-state index contributed by atoms with van der Waals surface area (Å²) in [6, 6.07) is 8.87. The first-order chi connectivity index (χ1) is 20.6. The van der Waals surface area contributed by atoms with E-state index in [2.05, 4.69) is 5.32 Å². The van der Waals surface area contributed by atoms with E-state index < -0.39 is 47.6 Å². The summed E-state index contributed by atoms with van der Waals surface area (Å²) in [5.74, 6) is 0.443. The molecule has 0 unspecified atom stereocenters. The number of urea groups is 1. The zero-order valence-electron chi connectivity index (χ0n) is 24.5. The average Bonchev–Trinajstić information content (AvgIpc) is 3.46. The van der Waals surface area contributed by atoms with Crippen molar-refractivity contribution in [1.82, 2.24) is 9.80 Å². The van der Waals surface area contributed by atoms with E-state index in [0.29, 0.717) is 30.1 Å². The fourth-order valence-corrected chi connectivity index (χ4v) is 5.06. The van der Waals surface area contributed by atoms with Gasteiger partial charge in [0.1, 0.15) is 6.54 Å². The molecule has 0 aliphatic heterocycles. The molecule has 0 saturated heterocycles. The molecule has 0 radical (unpaired) electrons. The molecule has 0 aliphatic rings. The first-order valence-corrected chi connectivity index (χ1v) is 14.3. The number of nitrogens with one attached hydrogen (secondary N) is 1. The van der Waals surface area contributed by atoms with Gasteiger partial charge in [-0.1, -0.05) is 26.0 Å². The molecule has 3 rings (SSSR count). The lowest BCUT2D eigenvalue weighted by Crippen LogP contribution is -2.46. The van der Waals surface area contributed by atoms with Gasteiger partial charge in [-0.05, 0) is 59.7 Å². The van der Waals surface area contributed by atoms with E-state index in [1.165, 1.54) is 25.6 Å². The van der Waals surface area contributed by atoms with Gasteiger partial charge in [-0.25, -0.2) is 4.79 Å². The maximum absolute atomic E-state index is 13.6. The van der Waals surface area contributed by atoms with Crippen LogP contribution in [0.25, 0.3) is 0 Å². The highest BCUT2D eigenvalue weighted by Crippen LogP contribution is 2.37. The minimum atomic E-state index is -5.08. The predicted molar refractivity (Wildman–Crippen MR) is 155 cm³/mol. The van der Waals surface area contributed by atoms with E-state index in [1.807, 2.05) is 23.6 Å². The number of nitrogens with zero attached hydrogens (tertiary/aromatic N) is 2. The number of methoxy groups -OCH3 is 2. The van der Waals surface area contributed by atoms with Crippen LogP contribution in [-0.4, -0.2) is 55.6 Å². The predicted octanol–water partition coefficient (Wildman–Crippen LogP) is 7.56. The number of benzene rings is 2. The van der Waals surface area contributed by atoms with Crippen LogP contribution in [0, 0.1) is 5.92 Å². The molecule has 14 heteroatoms. The minimum absolute atomic E-state index is 0.0190. The topological polar surface area (TPSA) is 71.1 Å². The molecule has 3 aromatic rings. The van der Waals surface area contributed by atoms with Gasteiger partial charge in [-0.3, -0.25) is 4.79 Å². The Morgan fingerprint density at radius 3 is 2.05 bits per heavy atom.